The molecule has 1 amide bonds. The maximum absolute atomic E-state index is 11.2. The average molecular weight is 229 g/mol. The highest BCUT2D eigenvalue weighted by Crippen LogP contribution is 1.99. The third-order valence-corrected chi connectivity index (χ3v) is 2.90. The number of carbonyl (C=O) groups is 1. The van der Waals surface area contributed by atoms with E-state index in [9.17, 15) is 4.79 Å². The molecule has 0 rings (SSSR count). The number of carbonyl (C=O) groups excluding carboxylic acids is 1. The highest BCUT2D eigenvalue weighted by molar-refractivity contribution is 5.79. The van der Waals surface area contributed by atoms with Crippen molar-refractivity contribution in [2.45, 2.75) is 46.1 Å². The third kappa shape index (κ3) is 6.80. The van der Waals surface area contributed by atoms with Crippen LogP contribution in [0.3, 0.4) is 0 Å². The Bertz CT molecular complexity index is 181. The van der Waals surface area contributed by atoms with Crippen LogP contribution in [0.15, 0.2) is 0 Å². The molecular formula is C12H27N3O. The Morgan fingerprint density at radius 2 is 1.94 bits per heavy atom. The van der Waals surface area contributed by atoms with Gasteiger partial charge in [0.25, 0.3) is 0 Å². The average Bonchev–Trinajstić information content (AvgIpc) is 2.28. The van der Waals surface area contributed by atoms with Crippen LogP contribution in [0.2, 0.25) is 0 Å². The summed E-state index contributed by atoms with van der Waals surface area (Å²) < 4.78 is 0. The number of rotatable bonds is 10. The Balaban J connectivity index is 3.79. The predicted octanol–water partition coefficient (Wildman–Crippen LogP) is 0.962. The molecule has 0 aliphatic carbocycles. The van der Waals surface area contributed by atoms with Crippen LogP contribution in [0, 0.1) is 0 Å². The second-order valence-electron chi connectivity index (χ2n) is 4.08. The van der Waals surface area contributed by atoms with E-state index in [2.05, 4.69) is 31.0 Å². The first-order chi connectivity index (χ1) is 7.65. The van der Waals surface area contributed by atoms with E-state index in [1.165, 1.54) is 0 Å². The van der Waals surface area contributed by atoms with Crippen LogP contribution in [0.25, 0.3) is 0 Å². The molecule has 1 atom stereocenters. The quantitative estimate of drug-likeness (QED) is 0.586. The number of hydrogen-bond acceptors (Lipinski definition) is 3. The number of likely N-dealkylation sites (N-methyl/N-ethyl adjacent to an activating group) is 1. The Morgan fingerprint density at radius 3 is 2.38 bits per heavy atom. The van der Waals surface area contributed by atoms with Gasteiger partial charge in [0.1, 0.15) is 0 Å². The molecule has 0 bridgehead atoms. The van der Waals surface area contributed by atoms with Crippen molar-refractivity contribution in [2.24, 2.45) is 5.73 Å². The van der Waals surface area contributed by atoms with Crippen LogP contribution in [0.4, 0.5) is 0 Å². The van der Waals surface area contributed by atoms with E-state index < -0.39 is 0 Å². The smallest absolute Gasteiger partial charge is 0.234 e. The van der Waals surface area contributed by atoms with E-state index in [-0.39, 0.29) is 11.9 Å². The number of primary amides is 1. The normalized spacial score (nSPS) is 13.0. The first-order valence-electron chi connectivity index (χ1n) is 6.40. The lowest BCUT2D eigenvalue weighted by atomic mass is 10.1. The summed E-state index contributed by atoms with van der Waals surface area (Å²) in [6.45, 7) is 10.3. The summed E-state index contributed by atoms with van der Waals surface area (Å²) in [4.78, 5) is 13.5. The second-order valence-corrected chi connectivity index (χ2v) is 4.08. The van der Waals surface area contributed by atoms with E-state index in [0.29, 0.717) is 0 Å². The molecule has 4 nitrogen and oxygen atoms in total. The van der Waals surface area contributed by atoms with Crippen LogP contribution in [-0.2, 0) is 4.79 Å². The molecule has 0 saturated heterocycles. The molecule has 3 N–H and O–H groups in total. The first-order valence-corrected chi connectivity index (χ1v) is 6.40. The summed E-state index contributed by atoms with van der Waals surface area (Å²) >= 11 is 0. The standard InChI is InChI=1S/C12H27N3O/c1-4-7-8-11(12(13)16)14-9-10-15(5-2)6-3/h11,14H,4-10H2,1-3H3,(H2,13,16). The number of nitrogens with zero attached hydrogens (tertiary/aromatic N) is 1. The topological polar surface area (TPSA) is 58.4 Å². The van der Waals surface area contributed by atoms with Crippen molar-refractivity contribution in [1.29, 1.82) is 0 Å². The molecule has 0 fully saturated rings. The Hall–Kier alpha value is -0.610. The molecule has 0 heterocycles. The Labute approximate surface area is 99.6 Å². The fourth-order valence-electron chi connectivity index (χ4n) is 1.69. The fraction of sp³-hybridized carbons (Fsp3) is 0.917. The minimum absolute atomic E-state index is 0.157. The van der Waals surface area contributed by atoms with Gasteiger partial charge in [-0.1, -0.05) is 33.6 Å². The van der Waals surface area contributed by atoms with E-state index in [1.54, 1.807) is 0 Å². The second kappa shape index (κ2) is 9.60. The molecule has 0 spiro atoms. The summed E-state index contributed by atoms with van der Waals surface area (Å²) in [5, 5.41) is 3.24. The van der Waals surface area contributed by atoms with E-state index in [4.69, 9.17) is 5.73 Å². The summed E-state index contributed by atoms with van der Waals surface area (Å²) in [6.07, 6.45) is 3.00. The SMILES string of the molecule is CCCCC(NCCN(CC)CC)C(N)=O. The van der Waals surface area contributed by atoms with Crippen LogP contribution in [0.1, 0.15) is 40.0 Å². The van der Waals surface area contributed by atoms with Crippen molar-refractivity contribution < 1.29 is 4.79 Å². The lowest BCUT2D eigenvalue weighted by Crippen LogP contribution is -2.44. The first kappa shape index (κ1) is 15.4. The maximum atomic E-state index is 11.2. The van der Waals surface area contributed by atoms with Crippen molar-refractivity contribution in [3.63, 3.8) is 0 Å². The zero-order valence-corrected chi connectivity index (χ0v) is 11.0. The summed E-state index contributed by atoms with van der Waals surface area (Å²) in [7, 11) is 0. The van der Waals surface area contributed by atoms with E-state index in [1.807, 2.05) is 0 Å². The van der Waals surface area contributed by atoms with Gasteiger partial charge in [0.2, 0.25) is 5.91 Å². The van der Waals surface area contributed by atoms with Crippen LogP contribution >= 0.6 is 0 Å². The van der Waals surface area contributed by atoms with E-state index >= 15 is 0 Å². The van der Waals surface area contributed by atoms with Gasteiger partial charge >= 0.3 is 0 Å². The van der Waals surface area contributed by atoms with Gasteiger partial charge in [-0.05, 0) is 19.5 Å². The molecule has 0 radical (unpaired) electrons. The van der Waals surface area contributed by atoms with Crippen molar-refractivity contribution in [2.75, 3.05) is 26.2 Å². The number of unbranched alkanes of at least 4 members (excludes halogenated alkanes) is 1. The largest absolute Gasteiger partial charge is 0.368 e. The van der Waals surface area contributed by atoms with Gasteiger partial charge in [-0.25, -0.2) is 0 Å². The molecule has 0 saturated carbocycles. The predicted molar refractivity (Wildman–Crippen MR) is 68.3 cm³/mol. The van der Waals surface area contributed by atoms with Gasteiger partial charge in [0.05, 0.1) is 6.04 Å². The summed E-state index contributed by atoms with van der Waals surface area (Å²) in [6, 6.07) is -0.157. The van der Waals surface area contributed by atoms with Crippen molar-refractivity contribution in [3.8, 4) is 0 Å². The Morgan fingerprint density at radius 1 is 1.31 bits per heavy atom. The minimum Gasteiger partial charge on any atom is -0.368 e. The van der Waals surface area contributed by atoms with Crippen molar-refractivity contribution >= 4 is 5.91 Å². The molecule has 0 aliphatic heterocycles. The minimum atomic E-state index is -0.229. The van der Waals surface area contributed by atoms with Crippen molar-refractivity contribution in [3.05, 3.63) is 0 Å². The zero-order chi connectivity index (χ0) is 12.4. The lowest BCUT2D eigenvalue weighted by molar-refractivity contribution is -0.120. The maximum Gasteiger partial charge on any atom is 0.234 e. The molecule has 4 heteroatoms. The number of hydrogen-bond donors (Lipinski definition) is 2. The molecule has 0 aliphatic rings. The molecule has 1 unspecified atom stereocenters. The van der Waals surface area contributed by atoms with Crippen molar-refractivity contribution in [1.82, 2.24) is 10.2 Å². The van der Waals surface area contributed by atoms with Gasteiger partial charge < -0.3 is 16.0 Å². The Kier molecular flexibility index (Phi) is 9.24. The fourth-order valence-corrected chi connectivity index (χ4v) is 1.69. The molecule has 0 aromatic rings. The van der Waals surface area contributed by atoms with Crippen LogP contribution < -0.4 is 11.1 Å². The van der Waals surface area contributed by atoms with Gasteiger partial charge in [-0.15, -0.1) is 0 Å². The van der Waals surface area contributed by atoms with E-state index in [0.717, 1.165) is 45.4 Å². The lowest BCUT2D eigenvalue weighted by Gasteiger charge is -2.20. The number of amides is 1. The summed E-state index contributed by atoms with van der Waals surface area (Å²) in [5.41, 5.74) is 5.34. The third-order valence-electron chi connectivity index (χ3n) is 2.90. The zero-order valence-electron chi connectivity index (χ0n) is 11.0. The van der Waals surface area contributed by atoms with Gasteiger partial charge in [0.15, 0.2) is 0 Å². The summed E-state index contributed by atoms with van der Waals surface area (Å²) in [5.74, 6) is -0.229. The highest BCUT2D eigenvalue weighted by Gasteiger charge is 2.13. The number of nitrogens with two attached hydrogens (primary N) is 1. The number of nitrogens with one attached hydrogen (secondary N) is 1. The van der Waals surface area contributed by atoms with Crippen LogP contribution in [-0.4, -0.2) is 43.0 Å². The molecule has 0 aromatic heterocycles. The van der Waals surface area contributed by atoms with Gasteiger partial charge in [-0.3, -0.25) is 4.79 Å². The highest BCUT2D eigenvalue weighted by atomic mass is 16.1. The molecule has 0 aromatic carbocycles. The van der Waals surface area contributed by atoms with Gasteiger partial charge in [0, 0.05) is 13.1 Å². The molecular weight excluding hydrogens is 202 g/mol. The molecule has 96 valence electrons. The van der Waals surface area contributed by atoms with Crippen LogP contribution in [0.5, 0.6) is 0 Å². The monoisotopic (exact) mass is 229 g/mol. The van der Waals surface area contributed by atoms with Gasteiger partial charge in [-0.2, -0.15) is 0 Å². The molecule has 16 heavy (non-hydrogen) atoms.